The van der Waals surface area contributed by atoms with Gasteiger partial charge in [0, 0.05) is 13.2 Å². The average Bonchev–Trinajstić information content (AvgIpc) is 2.90. The molecule has 120 valence electrons. The van der Waals surface area contributed by atoms with Crippen molar-refractivity contribution in [3.63, 3.8) is 0 Å². The maximum Gasteiger partial charge on any atom is 0.288 e. The molecule has 0 radical (unpaired) electrons. The highest BCUT2D eigenvalue weighted by molar-refractivity contribution is 5.96. The SMILES string of the molecule is Cc1cn(-c2ccc(/C=C3\O[C@H](C)CN(C)C3=O)cc2F)cn1. The Balaban J connectivity index is 1.91. The van der Waals surface area contributed by atoms with E-state index in [0.717, 1.165) is 5.69 Å². The Morgan fingerprint density at radius 1 is 1.43 bits per heavy atom. The molecule has 1 atom stereocenters. The predicted molar refractivity (Wildman–Crippen MR) is 84.4 cm³/mol. The number of hydrogen-bond donors (Lipinski definition) is 0. The molecule has 0 N–H and O–H groups in total. The van der Waals surface area contributed by atoms with Crippen molar-refractivity contribution in [1.29, 1.82) is 0 Å². The minimum absolute atomic E-state index is 0.0815. The Morgan fingerprint density at radius 2 is 2.22 bits per heavy atom. The third kappa shape index (κ3) is 3.11. The number of ether oxygens (including phenoxy) is 1. The number of aromatic nitrogens is 2. The zero-order chi connectivity index (χ0) is 16.6. The molecule has 1 fully saturated rings. The van der Waals surface area contributed by atoms with Crippen LogP contribution in [0.5, 0.6) is 0 Å². The maximum atomic E-state index is 14.3. The van der Waals surface area contributed by atoms with Crippen molar-refractivity contribution in [1.82, 2.24) is 14.5 Å². The molecule has 0 bridgehead atoms. The van der Waals surface area contributed by atoms with Gasteiger partial charge in [0.15, 0.2) is 5.76 Å². The number of aryl methyl sites for hydroxylation is 1. The molecule has 6 heteroatoms. The van der Waals surface area contributed by atoms with Gasteiger partial charge in [-0.2, -0.15) is 0 Å². The van der Waals surface area contributed by atoms with Gasteiger partial charge in [0.25, 0.3) is 5.91 Å². The van der Waals surface area contributed by atoms with Crippen molar-refractivity contribution in [3.8, 4) is 5.69 Å². The summed E-state index contributed by atoms with van der Waals surface area (Å²) in [5.74, 6) is -0.351. The number of morpholine rings is 1. The van der Waals surface area contributed by atoms with E-state index in [1.54, 1.807) is 47.2 Å². The Morgan fingerprint density at radius 3 is 2.87 bits per heavy atom. The van der Waals surface area contributed by atoms with Crippen molar-refractivity contribution in [2.75, 3.05) is 13.6 Å². The molecule has 1 aliphatic heterocycles. The largest absolute Gasteiger partial charge is 0.483 e. The molecule has 0 aliphatic carbocycles. The van der Waals surface area contributed by atoms with Gasteiger partial charge in [-0.05, 0) is 37.6 Å². The molecule has 0 spiro atoms. The summed E-state index contributed by atoms with van der Waals surface area (Å²) in [7, 11) is 1.72. The summed E-state index contributed by atoms with van der Waals surface area (Å²) in [6, 6.07) is 4.79. The quantitative estimate of drug-likeness (QED) is 0.800. The van der Waals surface area contributed by atoms with Gasteiger partial charge in [-0.25, -0.2) is 9.37 Å². The number of benzene rings is 1. The second-order valence-corrected chi connectivity index (χ2v) is 5.76. The first kappa shape index (κ1) is 15.3. The van der Waals surface area contributed by atoms with E-state index in [2.05, 4.69) is 4.98 Å². The molecule has 3 rings (SSSR count). The van der Waals surface area contributed by atoms with Gasteiger partial charge in [-0.1, -0.05) is 6.07 Å². The van der Waals surface area contributed by atoms with Crippen LogP contribution in [0.15, 0.2) is 36.5 Å². The first-order chi connectivity index (χ1) is 10.9. The molecule has 2 aromatic rings. The molecule has 0 saturated carbocycles. The molecule has 2 heterocycles. The van der Waals surface area contributed by atoms with Crippen molar-refractivity contribution >= 4 is 12.0 Å². The number of carbonyl (C=O) groups excluding carboxylic acids is 1. The Labute approximate surface area is 134 Å². The summed E-state index contributed by atoms with van der Waals surface area (Å²) in [5.41, 5.74) is 1.80. The fourth-order valence-electron chi connectivity index (χ4n) is 2.58. The topological polar surface area (TPSA) is 47.4 Å². The minimum atomic E-state index is -0.388. The molecule has 23 heavy (non-hydrogen) atoms. The normalized spacial score (nSPS) is 20.0. The molecule has 1 amide bonds. The number of halogens is 1. The summed E-state index contributed by atoms with van der Waals surface area (Å²) in [5, 5.41) is 0. The Bertz CT molecular complexity index is 782. The third-order valence-electron chi connectivity index (χ3n) is 3.68. The summed E-state index contributed by atoms with van der Waals surface area (Å²) >= 11 is 0. The van der Waals surface area contributed by atoms with Crippen molar-refractivity contribution in [3.05, 3.63) is 53.6 Å². The predicted octanol–water partition coefficient (Wildman–Crippen LogP) is 2.54. The van der Waals surface area contributed by atoms with Crippen LogP contribution in [-0.4, -0.2) is 40.1 Å². The summed E-state index contributed by atoms with van der Waals surface area (Å²) < 4.78 is 21.5. The van der Waals surface area contributed by atoms with Crippen LogP contribution in [-0.2, 0) is 9.53 Å². The molecule has 1 aromatic heterocycles. The number of nitrogens with zero attached hydrogens (tertiary/aromatic N) is 3. The molecular weight excluding hydrogens is 297 g/mol. The van der Waals surface area contributed by atoms with Crippen LogP contribution >= 0.6 is 0 Å². The number of carbonyl (C=O) groups is 1. The first-order valence-electron chi connectivity index (χ1n) is 7.38. The van der Waals surface area contributed by atoms with E-state index in [9.17, 15) is 9.18 Å². The number of likely N-dealkylation sites (N-methyl/N-ethyl adjacent to an activating group) is 1. The van der Waals surface area contributed by atoms with Gasteiger partial charge < -0.3 is 14.2 Å². The fourth-order valence-corrected chi connectivity index (χ4v) is 2.58. The summed E-state index contributed by atoms with van der Waals surface area (Å²) in [6.45, 7) is 4.28. The number of imidazole rings is 1. The van der Waals surface area contributed by atoms with Crippen LogP contribution in [0.25, 0.3) is 11.8 Å². The molecule has 1 aliphatic rings. The standard InChI is InChI=1S/C17H18FN3O2/c1-11-8-21(10-19-11)15-5-4-13(6-14(15)18)7-16-17(22)20(3)9-12(2)23-16/h4-8,10,12H,9H2,1-3H3/b16-7-/t12-/m1/s1. The maximum absolute atomic E-state index is 14.3. The number of rotatable bonds is 2. The van der Waals surface area contributed by atoms with E-state index >= 15 is 0 Å². The van der Waals surface area contributed by atoms with Gasteiger partial charge >= 0.3 is 0 Å². The van der Waals surface area contributed by atoms with Crippen LogP contribution in [0.1, 0.15) is 18.2 Å². The first-order valence-corrected chi connectivity index (χ1v) is 7.38. The average molecular weight is 315 g/mol. The van der Waals surface area contributed by atoms with Gasteiger partial charge in [-0.15, -0.1) is 0 Å². The number of amides is 1. The lowest BCUT2D eigenvalue weighted by molar-refractivity contribution is -0.136. The van der Waals surface area contributed by atoms with Crippen LogP contribution in [0.2, 0.25) is 0 Å². The highest BCUT2D eigenvalue weighted by Gasteiger charge is 2.26. The van der Waals surface area contributed by atoms with Gasteiger partial charge in [0.1, 0.15) is 11.9 Å². The monoisotopic (exact) mass is 315 g/mol. The van der Waals surface area contributed by atoms with E-state index in [-0.39, 0.29) is 23.6 Å². The Kier molecular flexibility index (Phi) is 3.90. The lowest BCUT2D eigenvalue weighted by Gasteiger charge is -2.30. The highest BCUT2D eigenvalue weighted by atomic mass is 19.1. The van der Waals surface area contributed by atoms with Gasteiger partial charge in [0.2, 0.25) is 0 Å². The van der Waals surface area contributed by atoms with Gasteiger partial charge in [0.05, 0.1) is 24.3 Å². The number of hydrogen-bond acceptors (Lipinski definition) is 3. The summed E-state index contributed by atoms with van der Waals surface area (Å²) in [4.78, 5) is 17.8. The van der Waals surface area contributed by atoms with Crippen molar-refractivity contribution in [2.24, 2.45) is 0 Å². The van der Waals surface area contributed by atoms with E-state index in [1.807, 2.05) is 13.8 Å². The molecule has 5 nitrogen and oxygen atoms in total. The minimum Gasteiger partial charge on any atom is -0.483 e. The van der Waals surface area contributed by atoms with E-state index in [1.165, 1.54) is 6.07 Å². The fraction of sp³-hybridized carbons (Fsp3) is 0.294. The third-order valence-corrected chi connectivity index (χ3v) is 3.68. The highest BCUT2D eigenvalue weighted by Crippen LogP contribution is 2.21. The second kappa shape index (κ2) is 5.87. The van der Waals surface area contributed by atoms with Crippen molar-refractivity contribution in [2.45, 2.75) is 20.0 Å². The smallest absolute Gasteiger partial charge is 0.288 e. The van der Waals surface area contributed by atoms with Crippen LogP contribution in [0, 0.1) is 12.7 Å². The Hall–Kier alpha value is -2.63. The second-order valence-electron chi connectivity index (χ2n) is 5.76. The van der Waals surface area contributed by atoms with E-state index in [4.69, 9.17) is 4.74 Å². The zero-order valence-corrected chi connectivity index (χ0v) is 13.3. The molecular formula is C17H18FN3O2. The molecule has 0 unspecified atom stereocenters. The van der Waals surface area contributed by atoms with Gasteiger partial charge in [-0.3, -0.25) is 4.79 Å². The van der Waals surface area contributed by atoms with E-state index < -0.39 is 0 Å². The van der Waals surface area contributed by atoms with Crippen LogP contribution < -0.4 is 0 Å². The van der Waals surface area contributed by atoms with Crippen molar-refractivity contribution < 1.29 is 13.9 Å². The lowest BCUT2D eigenvalue weighted by atomic mass is 10.1. The zero-order valence-electron chi connectivity index (χ0n) is 13.3. The van der Waals surface area contributed by atoms with E-state index in [0.29, 0.717) is 17.8 Å². The van der Waals surface area contributed by atoms with Crippen LogP contribution in [0.3, 0.4) is 0 Å². The summed E-state index contributed by atoms with van der Waals surface area (Å²) in [6.07, 6.45) is 4.81. The molecule has 1 aromatic carbocycles. The molecule has 1 saturated heterocycles. The van der Waals surface area contributed by atoms with Crippen LogP contribution in [0.4, 0.5) is 4.39 Å². The lowest BCUT2D eigenvalue weighted by Crippen LogP contribution is -2.41.